The van der Waals surface area contributed by atoms with Crippen LogP contribution in [-0.2, 0) is 9.59 Å². The molecule has 1 aromatic rings. The molecule has 3 amide bonds. The summed E-state index contributed by atoms with van der Waals surface area (Å²) >= 11 is 0. The number of hydrogen-bond acceptors (Lipinski definition) is 3. The lowest BCUT2D eigenvalue weighted by Crippen LogP contribution is -2.43. The minimum atomic E-state index is -1.23. The van der Waals surface area contributed by atoms with Gasteiger partial charge in [-0.15, -0.1) is 0 Å². The summed E-state index contributed by atoms with van der Waals surface area (Å²) in [5.41, 5.74) is 5.39. The van der Waals surface area contributed by atoms with Crippen molar-refractivity contribution in [3.63, 3.8) is 0 Å². The first-order chi connectivity index (χ1) is 10.4. The quantitative estimate of drug-likeness (QED) is 0.737. The average molecular weight is 303 g/mol. The first-order valence-corrected chi connectivity index (χ1v) is 7.08. The molecule has 0 bridgehead atoms. The van der Waals surface area contributed by atoms with Crippen molar-refractivity contribution in [1.29, 1.82) is 0 Å². The zero-order valence-electron chi connectivity index (χ0n) is 11.9. The van der Waals surface area contributed by atoms with Crippen molar-refractivity contribution >= 4 is 17.9 Å². The monoisotopic (exact) mass is 303 g/mol. The summed E-state index contributed by atoms with van der Waals surface area (Å²) in [6.07, 6.45) is -0.621. The van der Waals surface area contributed by atoms with E-state index in [1.165, 1.54) is 0 Å². The summed E-state index contributed by atoms with van der Waals surface area (Å²) in [6.45, 7) is 0.00507. The van der Waals surface area contributed by atoms with Crippen LogP contribution in [0, 0.1) is 5.41 Å². The Morgan fingerprint density at radius 2 is 1.95 bits per heavy atom. The van der Waals surface area contributed by atoms with Gasteiger partial charge in [-0.25, -0.2) is 4.79 Å². The number of amides is 3. The molecular formula is C15H17N3O4. The van der Waals surface area contributed by atoms with Crippen LogP contribution in [0.4, 0.5) is 4.79 Å². The molecule has 1 aromatic carbocycles. The maximum absolute atomic E-state index is 12.4. The van der Waals surface area contributed by atoms with Gasteiger partial charge in [0.05, 0.1) is 11.5 Å². The highest BCUT2D eigenvalue weighted by atomic mass is 16.4. The van der Waals surface area contributed by atoms with Gasteiger partial charge >= 0.3 is 6.09 Å². The second kappa shape index (κ2) is 5.01. The van der Waals surface area contributed by atoms with Crippen molar-refractivity contribution in [2.45, 2.75) is 24.9 Å². The zero-order chi connectivity index (χ0) is 15.9. The SMILES string of the molecule is NC(=O)[C@@H]1C[C@@]2(CC(c3ccccc3)NC2=O)CN1C(=O)O. The molecule has 0 aliphatic carbocycles. The zero-order valence-corrected chi connectivity index (χ0v) is 11.9. The molecule has 116 valence electrons. The first-order valence-electron chi connectivity index (χ1n) is 7.08. The summed E-state index contributed by atoms with van der Waals surface area (Å²) in [6, 6.07) is 8.38. The summed E-state index contributed by atoms with van der Waals surface area (Å²) in [7, 11) is 0. The average Bonchev–Trinajstić information content (AvgIpc) is 3.03. The Kier molecular flexibility index (Phi) is 3.27. The van der Waals surface area contributed by atoms with Gasteiger partial charge in [0.2, 0.25) is 11.8 Å². The maximum Gasteiger partial charge on any atom is 0.408 e. The Morgan fingerprint density at radius 1 is 1.27 bits per heavy atom. The highest BCUT2D eigenvalue weighted by Gasteiger charge is 2.57. The van der Waals surface area contributed by atoms with E-state index in [0.717, 1.165) is 10.5 Å². The fraction of sp³-hybridized carbons (Fsp3) is 0.400. The van der Waals surface area contributed by atoms with Crippen LogP contribution >= 0.6 is 0 Å². The van der Waals surface area contributed by atoms with Gasteiger partial charge < -0.3 is 16.2 Å². The lowest BCUT2D eigenvalue weighted by molar-refractivity contribution is -0.127. The lowest BCUT2D eigenvalue weighted by Gasteiger charge is -2.19. The smallest absolute Gasteiger partial charge is 0.408 e. The number of hydrogen-bond donors (Lipinski definition) is 3. The second-order valence-electron chi connectivity index (χ2n) is 5.95. The van der Waals surface area contributed by atoms with E-state index >= 15 is 0 Å². The molecule has 3 atom stereocenters. The third kappa shape index (κ3) is 2.18. The summed E-state index contributed by atoms with van der Waals surface area (Å²) in [5, 5.41) is 12.1. The Morgan fingerprint density at radius 3 is 2.50 bits per heavy atom. The predicted molar refractivity (Wildman–Crippen MR) is 76.7 cm³/mol. The van der Waals surface area contributed by atoms with Gasteiger partial charge in [0.25, 0.3) is 0 Å². The van der Waals surface area contributed by atoms with Crippen molar-refractivity contribution in [2.24, 2.45) is 11.1 Å². The molecule has 0 aromatic heterocycles. The van der Waals surface area contributed by atoms with E-state index in [9.17, 15) is 19.5 Å². The van der Waals surface area contributed by atoms with Gasteiger partial charge in [0, 0.05) is 6.54 Å². The summed E-state index contributed by atoms with van der Waals surface area (Å²) in [4.78, 5) is 36.2. The molecule has 2 saturated heterocycles. The van der Waals surface area contributed by atoms with Crippen molar-refractivity contribution in [2.75, 3.05) is 6.54 Å². The van der Waals surface area contributed by atoms with Crippen LogP contribution in [0.2, 0.25) is 0 Å². The van der Waals surface area contributed by atoms with Crippen LogP contribution in [0.25, 0.3) is 0 Å². The third-order valence-corrected chi connectivity index (χ3v) is 4.59. The Labute approximate surface area is 127 Å². The molecule has 7 nitrogen and oxygen atoms in total. The molecule has 3 rings (SSSR count). The number of benzene rings is 1. The normalized spacial score (nSPS) is 30.5. The number of nitrogens with zero attached hydrogens (tertiary/aromatic N) is 1. The lowest BCUT2D eigenvalue weighted by atomic mass is 9.81. The Hall–Kier alpha value is -2.57. The number of nitrogens with two attached hydrogens (primary N) is 1. The van der Waals surface area contributed by atoms with Gasteiger partial charge in [0.1, 0.15) is 6.04 Å². The van der Waals surface area contributed by atoms with E-state index in [0.29, 0.717) is 6.42 Å². The Balaban J connectivity index is 1.87. The molecule has 0 saturated carbocycles. The number of carboxylic acid groups (broad SMARTS) is 1. The molecule has 2 heterocycles. The van der Waals surface area contributed by atoms with Crippen molar-refractivity contribution < 1.29 is 19.5 Å². The standard InChI is InChI=1S/C15H17N3O4/c16-12(19)11-7-15(8-18(11)14(21)22)6-10(17-13(15)20)9-4-2-1-3-5-9/h1-5,10-11H,6-8H2,(H2,16,19)(H,17,20)(H,21,22)/t10?,11-,15-/m0/s1. The van der Waals surface area contributed by atoms with E-state index in [4.69, 9.17) is 5.73 Å². The molecule has 1 unspecified atom stereocenters. The van der Waals surface area contributed by atoms with E-state index in [1.807, 2.05) is 30.3 Å². The van der Waals surface area contributed by atoms with Gasteiger partial charge in [-0.3, -0.25) is 14.5 Å². The number of carbonyl (C=O) groups is 3. The first kappa shape index (κ1) is 14.4. The number of rotatable bonds is 2. The second-order valence-corrected chi connectivity index (χ2v) is 5.95. The molecule has 7 heteroatoms. The van der Waals surface area contributed by atoms with Crippen LogP contribution in [0.15, 0.2) is 30.3 Å². The highest BCUT2D eigenvalue weighted by Crippen LogP contribution is 2.46. The molecular weight excluding hydrogens is 286 g/mol. The largest absolute Gasteiger partial charge is 0.465 e. The van der Waals surface area contributed by atoms with Crippen LogP contribution in [0.5, 0.6) is 0 Å². The number of likely N-dealkylation sites (tertiary alicyclic amines) is 1. The van der Waals surface area contributed by atoms with Gasteiger partial charge in [-0.05, 0) is 18.4 Å². The number of primary amides is 1. The van der Waals surface area contributed by atoms with E-state index in [2.05, 4.69) is 5.32 Å². The van der Waals surface area contributed by atoms with Gasteiger partial charge in [-0.2, -0.15) is 0 Å². The molecule has 2 aliphatic rings. The molecule has 0 radical (unpaired) electrons. The molecule has 22 heavy (non-hydrogen) atoms. The van der Waals surface area contributed by atoms with Gasteiger partial charge in [-0.1, -0.05) is 30.3 Å². The fourth-order valence-corrected chi connectivity index (χ4v) is 3.48. The van der Waals surface area contributed by atoms with Crippen molar-refractivity contribution in [3.8, 4) is 0 Å². The van der Waals surface area contributed by atoms with Crippen LogP contribution in [0.3, 0.4) is 0 Å². The summed E-state index contributed by atoms with van der Waals surface area (Å²) < 4.78 is 0. The van der Waals surface area contributed by atoms with Gasteiger partial charge in [0.15, 0.2) is 0 Å². The number of nitrogens with one attached hydrogen (secondary N) is 1. The van der Waals surface area contributed by atoms with Crippen LogP contribution in [0.1, 0.15) is 24.4 Å². The van der Waals surface area contributed by atoms with Crippen LogP contribution in [-0.4, -0.2) is 40.5 Å². The van der Waals surface area contributed by atoms with Crippen molar-refractivity contribution in [1.82, 2.24) is 10.2 Å². The Bertz CT molecular complexity index is 609. The maximum atomic E-state index is 12.4. The highest BCUT2D eigenvalue weighted by molar-refractivity contribution is 5.91. The number of carbonyl (C=O) groups excluding carboxylic acids is 2. The fourth-order valence-electron chi connectivity index (χ4n) is 3.48. The molecule has 2 aliphatic heterocycles. The minimum absolute atomic E-state index is 0.00507. The minimum Gasteiger partial charge on any atom is -0.465 e. The van der Waals surface area contributed by atoms with E-state index in [1.54, 1.807) is 0 Å². The van der Waals surface area contributed by atoms with Crippen molar-refractivity contribution in [3.05, 3.63) is 35.9 Å². The van der Waals surface area contributed by atoms with E-state index < -0.39 is 23.5 Å². The summed E-state index contributed by atoms with van der Waals surface area (Å²) in [5.74, 6) is -0.924. The molecule has 1 spiro atoms. The molecule has 4 N–H and O–H groups in total. The van der Waals surface area contributed by atoms with E-state index in [-0.39, 0.29) is 24.9 Å². The topological polar surface area (TPSA) is 113 Å². The molecule has 2 fully saturated rings. The third-order valence-electron chi connectivity index (χ3n) is 4.59. The predicted octanol–water partition coefficient (Wildman–Crippen LogP) is 0.472. The van der Waals surface area contributed by atoms with Crippen LogP contribution < -0.4 is 11.1 Å².